The van der Waals surface area contributed by atoms with Gasteiger partial charge in [0.1, 0.15) is 12.1 Å². The van der Waals surface area contributed by atoms with Crippen molar-refractivity contribution in [3.63, 3.8) is 0 Å². The van der Waals surface area contributed by atoms with Gasteiger partial charge >= 0.3 is 0 Å². The van der Waals surface area contributed by atoms with Crippen LogP contribution in [0.5, 0.6) is 0 Å². The maximum Gasteiger partial charge on any atom is 0.240 e. The highest BCUT2D eigenvalue weighted by Gasteiger charge is 2.47. The molecule has 3 N–H and O–H groups in total. The van der Waals surface area contributed by atoms with E-state index in [9.17, 15) is 15.0 Å². The van der Waals surface area contributed by atoms with Gasteiger partial charge < -0.3 is 15.5 Å². The number of nitrogens with one attached hydrogen (secondary N) is 1. The van der Waals surface area contributed by atoms with Gasteiger partial charge in [0.15, 0.2) is 0 Å². The van der Waals surface area contributed by atoms with Crippen molar-refractivity contribution in [1.82, 2.24) is 10.4 Å². The van der Waals surface area contributed by atoms with Crippen LogP contribution in [0.1, 0.15) is 51.2 Å². The van der Waals surface area contributed by atoms with Crippen molar-refractivity contribution in [2.45, 2.75) is 71.7 Å². The monoisotopic (exact) mass is 404 g/mol. The maximum atomic E-state index is 13.3. The second-order valence-corrected chi connectivity index (χ2v) is 9.68. The number of aryl methyl sites for hydroxylation is 1. The molecule has 1 aromatic rings. The number of carbonyl (C=O) groups is 1. The van der Waals surface area contributed by atoms with Crippen LogP contribution in [-0.2, 0) is 16.2 Å². The van der Waals surface area contributed by atoms with E-state index in [4.69, 9.17) is 4.84 Å². The lowest BCUT2D eigenvalue weighted by atomic mass is 9.70. The third-order valence-corrected chi connectivity index (χ3v) is 6.57. The van der Waals surface area contributed by atoms with Gasteiger partial charge in [-0.05, 0) is 43.1 Å². The molecule has 2 aliphatic rings. The second kappa shape index (κ2) is 9.13. The highest BCUT2D eigenvalue weighted by atomic mass is 16.7. The summed E-state index contributed by atoms with van der Waals surface area (Å²) in [6.07, 6.45) is 2.54. The van der Waals surface area contributed by atoms with Crippen LogP contribution in [0.3, 0.4) is 0 Å². The van der Waals surface area contributed by atoms with E-state index in [1.54, 1.807) is 5.06 Å². The van der Waals surface area contributed by atoms with E-state index in [2.05, 4.69) is 32.2 Å². The number of rotatable bonds is 6. The first-order valence-electron chi connectivity index (χ1n) is 10.7. The molecule has 0 aromatic heterocycles. The summed E-state index contributed by atoms with van der Waals surface area (Å²) in [6.45, 7) is 8.78. The molecule has 6 nitrogen and oxygen atoms in total. The summed E-state index contributed by atoms with van der Waals surface area (Å²) in [5, 5.41) is 24.5. The first kappa shape index (κ1) is 22.2. The van der Waals surface area contributed by atoms with Gasteiger partial charge in [-0.2, -0.15) is 5.06 Å². The Hall–Kier alpha value is -1.47. The summed E-state index contributed by atoms with van der Waals surface area (Å²) in [5.74, 6) is -0.180. The summed E-state index contributed by atoms with van der Waals surface area (Å²) in [5.41, 5.74) is 2.48. The molecule has 1 saturated heterocycles. The molecule has 1 aliphatic carbocycles. The largest absolute Gasteiger partial charge is 0.396 e. The molecule has 0 spiro atoms. The summed E-state index contributed by atoms with van der Waals surface area (Å²) < 4.78 is 0. The molecule has 1 saturated carbocycles. The van der Waals surface area contributed by atoms with Crippen molar-refractivity contribution >= 4 is 5.91 Å². The van der Waals surface area contributed by atoms with E-state index in [-0.39, 0.29) is 25.2 Å². The van der Waals surface area contributed by atoms with E-state index < -0.39 is 18.1 Å². The lowest BCUT2D eigenvalue weighted by Crippen LogP contribution is -2.53. The zero-order valence-corrected chi connectivity index (χ0v) is 18.1. The number of hydroxylamine groups is 2. The summed E-state index contributed by atoms with van der Waals surface area (Å²) in [4.78, 5) is 19.2. The molecule has 0 radical (unpaired) electrons. The van der Waals surface area contributed by atoms with Gasteiger partial charge in [0.05, 0.1) is 19.8 Å². The van der Waals surface area contributed by atoms with Crippen molar-refractivity contribution in [3.8, 4) is 0 Å². The van der Waals surface area contributed by atoms with Crippen molar-refractivity contribution in [2.75, 3.05) is 13.2 Å². The molecule has 3 rings (SSSR count). The minimum Gasteiger partial charge on any atom is -0.396 e. The number of aliphatic hydroxyl groups is 2. The summed E-state index contributed by atoms with van der Waals surface area (Å²) in [7, 11) is 0. The first-order chi connectivity index (χ1) is 13.7. The minimum absolute atomic E-state index is 0.121. The standard InChI is InChI=1S/C23H36N2O4/c1-15-6-5-7-17(10-15)12-25-21(18(13-26)20(14-27)29-25)22(28)24-19-8-9-23(3,4)11-16(19)2/h5-7,10,16,18-21,26-27H,8-9,11-14H2,1-4H3,(H,24,28)/t16?,18?,19-,20?,21?/m0/s1. The van der Waals surface area contributed by atoms with Gasteiger partial charge in [-0.1, -0.05) is 50.6 Å². The van der Waals surface area contributed by atoms with Crippen LogP contribution >= 0.6 is 0 Å². The van der Waals surface area contributed by atoms with Crippen LogP contribution in [-0.4, -0.2) is 52.6 Å². The van der Waals surface area contributed by atoms with Gasteiger partial charge in [-0.15, -0.1) is 0 Å². The number of aliphatic hydroxyl groups excluding tert-OH is 2. The lowest BCUT2D eigenvalue weighted by Gasteiger charge is -2.40. The topological polar surface area (TPSA) is 82.0 Å². The van der Waals surface area contributed by atoms with Crippen LogP contribution in [0.4, 0.5) is 0 Å². The first-order valence-corrected chi connectivity index (χ1v) is 10.7. The number of amides is 1. The number of nitrogens with zero attached hydrogens (tertiary/aromatic N) is 1. The molecule has 1 amide bonds. The van der Waals surface area contributed by atoms with Crippen LogP contribution < -0.4 is 5.32 Å². The Balaban J connectivity index is 1.75. The molecule has 1 aromatic carbocycles. The van der Waals surface area contributed by atoms with Crippen LogP contribution in [0.2, 0.25) is 0 Å². The summed E-state index contributed by atoms with van der Waals surface area (Å²) >= 11 is 0. The van der Waals surface area contributed by atoms with Gasteiger partial charge in [0.2, 0.25) is 5.91 Å². The van der Waals surface area contributed by atoms with Crippen LogP contribution in [0, 0.1) is 24.2 Å². The average Bonchev–Trinajstić information content (AvgIpc) is 3.01. The molecule has 162 valence electrons. The second-order valence-electron chi connectivity index (χ2n) is 9.68. The maximum absolute atomic E-state index is 13.3. The van der Waals surface area contributed by atoms with Crippen LogP contribution in [0.25, 0.3) is 0 Å². The zero-order chi connectivity index (χ0) is 21.2. The Labute approximate surface area is 174 Å². The Morgan fingerprint density at radius 3 is 2.69 bits per heavy atom. The average molecular weight is 405 g/mol. The zero-order valence-electron chi connectivity index (χ0n) is 18.1. The molecule has 0 bridgehead atoms. The SMILES string of the molecule is Cc1cccc(CN2OC(CO)C(CO)C2C(=O)N[C@H]2CCC(C)(C)CC2C)c1. The van der Waals surface area contributed by atoms with E-state index >= 15 is 0 Å². The predicted octanol–water partition coefficient (Wildman–Crippen LogP) is 2.41. The van der Waals surface area contributed by atoms with E-state index in [0.717, 1.165) is 30.4 Å². The van der Waals surface area contributed by atoms with Gasteiger partial charge in [-0.25, -0.2) is 0 Å². The van der Waals surface area contributed by atoms with Crippen LogP contribution in [0.15, 0.2) is 24.3 Å². The van der Waals surface area contributed by atoms with Gasteiger partial charge in [0.25, 0.3) is 0 Å². The Morgan fingerprint density at radius 2 is 2.07 bits per heavy atom. The Bertz CT molecular complexity index is 708. The molecule has 5 atom stereocenters. The van der Waals surface area contributed by atoms with Gasteiger partial charge in [-0.3, -0.25) is 9.63 Å². The molecule has 1 heterocycles. The number of benzene rings is 1. The third kappa shape index (κ3) is 5.18. The molecular weight excluding hydrogens is 368 g/mol. The third-order valence-electron chi connectivity index (χ3n) is 6.57. The normalized spacial score (nSPS) is 32.3. The van der Waals surface area contributed by atoms with Crippen molar-refractivity contribution in [2.24, 2.45) is 17.3 Å². The number of hydrogen-bond acceptors (Lipinski definition) is 5. The van der Waals surface area contributed by atoms with Crippen molar-refractivity contribution in [1.29, 1.82) is 0 Å². The molecule has 2 fully saturated rings. The van der Waals surface area contributed by atoms with Crippen molar-refractivity contribution < 1.29 is 19.8 Å². The molecule has 29 heavy (non-hydrogen) atoms. The molecule has 6 heteroatoms. The number of carbonyl (C=O) groups excluding carboxylic acids is 1. The molecular formula is C23H36N2O4. The Kier molecular flexibility index (Phi) is 6.99. The minimum atomic E-state index is -0.625. The Morgan fingerprint density at radius 1 is 1.31 bits per heavy atom. The number of hydrogen-bond donors (Lipinski definition) is 3. The van der Waals surface area contributed by atoms with E-state index in [0.29, 0.717) is 17.9 Å². The van der Waals surface area contributed by atoms with Gasteiger partial charge in [0, 0.05) is 12.0 Å². The summed E-state index contributed by atoms with van der Waals surface area (Å²) in [6, 6.07) is 7.57. The smallest absolute Gasteiger partial charge is 0.240 e. The molecule has 4 unspecified atom stereocenters. The van der Waals surface area contributed by atoms with E-state index in [1.165, 1.54) is 0 Å². The quantitative estimate of drug-likeness (QED) is 0.678. The fourth-order valence-electron chi connectivity index (χ4n) is 5.00. The fourth-order valence-corrected chi connectivity index (χ4v) is 5.00. The lowest BCUT2D eigenvalue weighted by molar-refractivity contribution is -0.182. The fraction of sp³-hybridized carbons (Fsp3) is 0.696. The highest BCUT2D eigenvalue weighted by molar-refractivity contribution is 5.82. The molecule has 1 aliphatic heterocycles. The van der Waals surface area contributed by atoms with E-state index in [1.807, 2.05) is 25.1 Å². The predicted molar refractivity (Wildman–Crippen MR) is 112 cm³/mol. The highest BCUT2D eigenvalue weighted by Crippen LogP contribution is 2.39. The van der Waals surface area contributed by atoms with Crippen molar-refractivity contribution in [3.05, 3.63) is 35.4 Å².